The van der Waals surface area contributed by atoms with Gasteiger partial charge in [0.1, 0.15) is 0 Å². The van der Waals surface area contributed by atoms with E-state index in [9.17, 15) is 9.36 Å². The molecule has 0 aliphatic carbocycles. The van der Waals surface area contributed by atoms with Crippen molar-refractivity contribution in [2.45, 2.75) is 27.1 Å². The van der Waals surface area contributed by atoms with Gasteiger partial charge in [0.05, 0.1) is 51.7 Å². The first-order chi connectivity index (χ1) is 15.3. The number of rotatable bonds is 16. The van der Waals surface area contributed by atoms with Crippen LogP contribution in [0, 0.1) is 5.41 Å². The summed E-state index contributed by atoms with van der Waals surface area (Å²) in [7, 11) is -3.82. The van der Waals surface area contributed by atoms with E-state index in [1.807, 2.05) is 60.7 Å². The van der Waals surface area contributed by atoms with Crippen molar-refractivity contribution in [2.24, 2.45) is 5.41 Å². The predicted molar refractivity (Wildman–Crippen MR) is 119 cm³/mol. The zero-order valence-electron chi connectivity index (χ0n) is 18.5. The van der Waals surface area contributed by atoms with Crippen LogP contribution in [0.25, 0.3) is 0 Å². The molecule has 2 rings (SSSR count). The van der Waals surface area contributed by atoms with Gasteiger partial charge in [-0.05, 0) is 25.0 Å². The van der Waals surface area contributed by atoms with Crippen LogP contribution in [-0.2, 0) is 45.6 Å². The van der Waals surface area contributed by atoms with Gasteiger partial charge in [-0.15, -0.1) is 0 Å². The molecule has 0 radical (unpaired) electrons. The third-order valence-corrected chi connectivity index (χ3v) is 5.74. The lowest BCUT2D eigenvalue weighted by Crippen LogP contribution is -2.29. The van der Waals surface area contributed by atoms with E-state index in [0.717, 1.165) is 11.1 Å². The minimum Gasteiger partial charge on any atom is -0.481 e. The zero-order valence-corrected chi connectivity index (χ0v) is 19.4. The highest BCUT2D eigenvalue weighted by molar-refractivity contribution is 7.48. The maximum Gasteiger partial charge on any atom is 0.475 e. The van der Waals surface area contributed by atoms with Gasteiger partial charge in [-0.1, -0.05) is 60.7 Å². The molecular formula is C23H31O8P. The number of phosphoric ester groups is 1. The summed E-state index contributed by atoms with van der Waals surface area (Å²) in [6, 6.07) is 18.7. The van der Waals surface area contributed by atoms with Crippen molar-refractivity contribution in [2.75, 3.05) is 33.0 Å². The summed E-state index contributed by atoms with van der Waals surface area (Å²) in [6.07, 6.45) is 0. The molecule has 0 heterocycles. The fourth-order valence-corrected chi connectivity index (χ4v) is 3.52. The lowest BCUT2D eigenvalue weighted by atomic mass is 9.95. The fourth-order valence-electron chi connectivity index (χ4n) is 2.38. The second-order valence-electron chi connectivity index (χ2n) is 7.65. The maximum atomic E-state index is 13.1. The summed E-state index contributed by atoms with van der Waals surface area (Å²) in [5.74, 6) is -0.923. The Morgan fingerprint density at radius 1 is 0.781 bits per heavy atom. The zero-order chi connectivity index (χ0) is 23.3. The van der Waals surface area contributed by atoms with Crippen LogP contribution >= 0.6 is 7.82 Å². The molecule has 0 saturated heterocycles. The summed E-state index contributed by atoms with van der Waals surface area (Å²) in [6.45, 7) is 4.07. The molecule has 9 heteroatoms. The van der Waals surface area contributed by atoms with Crippen LogP contribution in [0.15, 0.2) is 60.7 Å². The number of benzene rings is 2. The maximum absolute atomic E-state index is 13.1. The van der Waals surface area contributed by atoms with E-state index in [1.165, 1.54) is 0 Å². The first kappa shape index (κ1) is 26.2. The van der Waals surface area contributed by atoms with Crippen molar-refractivity contribution >= 4 is 13.8 Å². The van der Waals surface area contributed by atoms with E-state index in [1.54, 1.807) is 13.8 Å². The second-order valence-corrected chi connectivity index (χ2v) is 9.32. The number of phosphoric acid groups is 1. The number of carboxylic acids is 1. The molecule has 0 bridgehead atoms. The van der Waals surface area contributed by atoms with Gasteiger partial charge in [-0.3, -0.25) is 18.4 Å². The van der Waals surface area contributed by atoms with Crippen LogP contribution in [0.3, 0.4) is 0 Å². The molecular weight excluding hydrogens is 435 g/mol. The molecule has 32 heavy (non-hydrogen) atoms. The van der Waals surface area contributed by atoms with Gasteiger partial charge in [-0.25, -0.2) is 4.57 Å². The van der Waals surface area contributed by atoms with E-state index >= 15 is 0 Å². The van der Waals surface area contributed by atoms with E-state index in [4.69, 9.17) is 28.2 Å². The molecule has 0 saturated carbocycles. The van der Waals surface area contributed by atoms with Gasteiger partial charge in [0, 0.05) is 0 Å². The first-order valence-corrected chi connectivity index (χ1v) is 11.8. The van der Waals surface area contributed by atoms with Crippen molar-refractivity contribution in [1.29, 1.82) is 0 Å². The van der Waals surface area contributed by atoms with Crippen molar-refractivity contribution in [3.63, 3.8) is 0 Å². The Morgan fingerprint density at radius 2 is 1.25 bits per heavy atom. The molecule has 1 N–H and O–H groups in total. The Kier molecular flexibility index (Phi) is 11.0. The number of aliphatic carboxylic acids is 1. The minimum absolute atomic E-state index is 0.00146. The van der Waals surface area contributed by atoms with Crippen LogP contribution in [0.4, 0.5) is 0 Å². The molecule has 0 spiro atoms. The van der Waals surface area contributed by atoms with Gasteiger partial charge in [0.2, 0.25) is 0 Å². The van der Waals surface area contributed by atoms with Crippen LogP contribution in [0.2, 0.25) is 0 Å². The number of carbonyl (C=O) groups is 1. The molecule has 0 atom stereocenters. The second kappa shape index (κ2) is 13.5. The topological polar surface area (TPSA) is 101 Å². The molecule has 0 aliphatic rings. The molecule has 176 valence electrons. The van der Waals surface area contributed by atoms with Crippen LogP contribution < -0.4 is 0 Å². The van der Waals surface area contributed by atoms with Crippen LogP contribution in [0.5, 0.6) is 0 Å². The van der Waals surface area contributed by atoms with Crippen molar-refractivity contribution in [3.8, 4) is 0 Å². The number of carboxylic acid groups (broad SMARTS) is 1. The third kappa shape index (κ3) is 10.0. The molecule has 0 aliphatic heterocycles. The predicted octanol–water partition coefficient (Wildman–Crippen LogP) is 4.69. The van der Waals surface area contributed by atoms with Crippen molar-refractivity contribution < 1.29 is 37.5 Å². The largest absolute Gasteiger partial charge is 0.481 e. The summed E-state index contributed by atoms with van der Waals surface area (Å²) < 4.78 is 40.3. The van der Waals surface area contributed by atoms with E-state index in [0.29, 0.717) is 0 Å². The number of hydrogen-bond donors (Lipinski definition) is 1. The Hall–Kier alpha value is -2.06. The quantitative estimate of drug-likeness (QED) is 0.281. The monoisotopic (exact) mass is 466 g/mol. The van der Waals surface area contributed by atoms with Gasteiger partial charge in [-0.2, -0.15) is 0 Å². The van der Waals surface area contributed by atoms with E-state index < -0.39 is 19.2 Å². The Balaban J connectivity index is 1.75. The average molecular weight is 466 g/mol. The summed E-state index contributed by atoms with van der Waals surface area (Å²) in [5, 5.41) is 9.05. The Labute approximate surface area is 189 Å². The minimum atomic E-state index is -3.82. The fraction of sp³-hybridized carbons (Fsp3) is 0.435. The highest BCUT2D eigenvalue weighted by atomic mass is 31.2. The van der Waals surface area contributed by atoms with Gasteiger partial charge in [0.15, 0.2) is 0 Å². The van der Waals surface area contributed by atoms with Crippen molar-refractivity contribution in [1.82, 2.24) is 0 Å². The van der Waals surface area contributed by atoms with Gasteiger partial charge >= 0.3 is 13.8 Å². The number of ether oxygens (including phenoxy) is 2. The van der Waals surface area contributed by atoms with Crippen molar-refractivity contribution in [3.05, 3.63) is 71.8 Å². The molecule has 0 fully saturated rings. The SMILES string of the molecule is CC(C)(COCCOCCOP(=O)(OCc1ccccc1)OCc1ccccc1)C(=O)O. The number of hydrogen-bond acceptors (Lipinski definition) is 7. The Bertz CT molecular complexity index is 794. The highest BCUT2D eigenvalue weighted by Gasteiger charge is 2.28. The third-order valence-electron chi connectivity index (χ3n) is 4.36. The van der Waals surface area contributed by atoms with Crippen LogP contribution in [0.1, 0.15) is 25.0 Å². The van der Waals surface area contributed by atoms with Gasteiger partial charge < -0.3 is 14.6 Å². The molecule has 0 amide bonds. The van der Waals surface area contributed by atoms with Crippen LogP contribution in [-0.4, -0.2) is 44.1 Å². The summed E-state index contributed by atoms with van der Waals surface area (Å²) in [4.78, 5) is 11.0. The first-order valence-electron chi connectivity index (χ1n) is 10.3. The molecule has 0 unspecified atom stereocenters. The Morgan fingerprint density at radius 3 is 1.75 bits per heavy atom. The van der Waals surface area contributed by atoms with E-state index in [2.05, 4.69) is 0 Å². The van der Waals surface area contributed by atoms with Gasteiger partial charge in [0.25, 0.3) is 0 Å². The molecule has 2 aromatic rings. The molecule has 0 aromatic heterocycles. The standard InChI is InChI=1S/C23H31O8P/c1-23(2,22(24)25)19-28-14-13-27-15-16-29-32(26,30-17-20-9-5-3-6-10-20)31-18-21-11-7-4-8-12-21/h3-12H,13-19H2,1-2H3,(H,24,25). The lowest BCUT2D eigenvalue weighted by Gasteiger charge is -2.19. The summed E-state index contributed by atoms with van der Waals surface area (Å²) in [5.41, 5.74) is 0.733. The average Bonchev–Trinajstić information content (AvgIpc) is 2.79. The molecule has 2 aromatic carbocycles. The smallest absolute Gasteiger partial charge is 0.475 e. The summed E-state index contributed by atoms with van der Waals surface area (Å²) >= 11 is 0. The lowest BCUT2D eigenvalue weighted by molar-refractivity contribution is -0.150. The van der Waals surface area contributed by atoms with E-state index in [-0.39, 0.29) is 46.2 Å². The molecule has 8 nitrogen and oxygen atoms in total. The highest BCUT2D eigenvalue weighted by Crippen LogP contribution is 2.50. The normalized spacial score (nSPS) is 12.1.